The number of hydrogen-bond acceptors (Lipinski definition) is 2. The Bertz CT molecular complexity index is 218. The van der Waals surface area contributed by atoms with Gasteiger partial charge in [0.15, 0.2) is 6.79 Å². The monoisotopic (exact) mass is 194 g/mol. The molecule has 0 aliphatic heterocycles. The molecular weight excluding hydrogens is 185 g/mol. The lowest BCUT2D eigenvalue weighted by Gasteiger charge is -2.11. The molecule has 0 amide bonds. The first-order chi connectivity index (χ1) is 6.08. The van der Waals surface area contributed by atoms with Crippen LogP contribution in [0.4, 0.5) is 13.2 Å². The van der Waals surface area contributed by atoms with Crippen molar-refractivity contribution in [3.8, 4) is 0 Å². The quantitative estimate of drug-likeness (QED) is 0.643. The highest BCUT2D eigenvalue weighted by Gasteiger charge is 2.29. The first kappa shape index (κ1) is 10.1. The minimum Gasteiger partial charge on any atom is -0.468 e. The maximum Gasteiger partial charge on any atom is 0.525 e. The molecule has 1 aliphatic carbocycles. The van der Waals surface area contributed by atoms with Crippen molar-refractivity contribution in [2.24, 2.45) is 0 Å². The van der Waals surface area contributed by atoms with Crippen molar-refractivity contribution < 1.29 is 22.6 Å². The van der Waals surface area contributed by atoms with Crippen LogP contribution in [0, 0.1) is 0 Å². The van der Waals surface area contributed by atoms with Gasteiger partial charge in [-0.3, -0.25) is 4.74 Å². The van der Waals surface area contributed by atoms with Gasteiger partial charge >= 0.3 is 6.36 Å². The lowest BCUT2D eigenvalue weighted by Crippen LogP contribution is -2.15. The molecule has 0 saturated heterocycles. The summed E-state index contributed by atoms with van der Waals surface area (Å²) in [5.74, 6) is 0.426. The van der Waals surface area contributed by atoms with Gasteiger partial charge in [-0.1, -0.05) is 6.08 Å². The van der Waals surface area contributed by atoms with Crippen molar-refractivity contribution in [3.63, 3.8) is 0 Å². The topological polar surface area (TPSA) is 18.5 Å². The molecule has 1 aliphatic rings. The van der Waals surface area contributed by atoms with E-state index in [1.807, 2.05) is 6.08 Å². The molecule has 0 atom stereocenters. The fourth-order valence-electron chi connectivity index (χ4n) is 0.861. The number of rotatable bonds is 3. The normalized spacial score (nSPS) is 17.0. The SMILES string of the molecule is FC(F)(F)OCOC1=CCCC=C1. The van der Waals surface area contributed by atoms with E-state index < -0.39 is 13.2 Å². The molecule has 0 saturated carbocycles. The second kappa shape index (κ2) is 4.32. The molecule has 0 bridgehead atoms. The van der Waals surface area contributed by atoms with Crippen molar-refractivity contribution in [3.05, 3.63) is 24.0 Å². The molecule has 0 heterocycles. The van der Waals surface area contributed by atoms with Gasteiger partial charge in [0.1, 0.15) is 5.76 Å². The van der Waals surface area contributed by atoms with Gasteiger partial charge in [-0.05, 0) is 25.0 Å². The average molecular weight is 194 g/mol. The zero-order valence-corrected chi connectivity index (χ0v) is 6.80. The van der Waals surface area contributed by atoms with Crippen molar-refractivity contribution >= 4 is 0 Å². The van der Waals surface area contributed by atoms with Gasteiger partial charge in [0.05, 0.1) is 0 Å². The highest BCUT2D eigenvalue weighted by Crippen LogP contribution is 2.17. The average Bonchev–Trinajstić information content (AvgIpc) is 2.04. The van der Waals surface area contributed by atoms with E-state index in [0.29, 0.717) is 5.76 Å². The third kappa shape index (κ3) is 4.57. The molecule has 0 spiro atoms. The van der Waals surface area contributed by atoms with Crippen LogP contribution in [0.3, 0.4) is 0 Å². The van der Waals surface area contributed by atoms with Gasteiger partial charge < -0.3 is 4.74 Å². The smallest absolute Gasteiger partial charge is 0.468 e. The van der Waals surface area contributed by atoms with Crippen LogP contribution in [-0.4, -0.2) is 13.2 Å². The van der Waals surface area contributed by atoms with Crippen LogP contribution in [0.15, 0.2) is 24.0 Å². The molecular formula is C8H9F3O2. The molecule has 1 rings (SSSR count). The Morgan fingerprint density at radius 1 is 1.31 bits per heavy atom. The zero-order chi connectivity index (χ0) is 9.73. The maximum atomic E-state index is 11.5. The van der Waals surface area contributed by atoms with Crippen LogP contribution in [0.25, 0.3) is 0 Å². The van der Waals surface area contributed by atoms with E-state index in [9.17, 15) is 13.2 Å². The summed E-state index contributed by atoms with van der Waals surface area (Å²) in [4.78, 5) is 0. The predicted octanol–water partition coefficient (Wildman–Crippen LogP) is 2.73. The van der Waals surface area contributed by atoms with Gasteiger partial charge in [0, 0.05) is 0 Å². The van der Waals surface area contributed by atoms with Crippen molar-refractivity contribution in [1.29, 1.82) is 0 Å². The molecule has 5 heteroatoms. The predicted molar refractivity (Wildman–Crippen MR) is 39.5 cm³/mol. The molecule has 2 nitrogen and oxygen atoms in total. The Balaban J connectivity index is 2.19. The first-order valence-corrected chi connectivity index (χ1v) is 3.78. The van der Waals surface area contributed by atoms with Crippen LogP contribution < -0.4 is 0 Å². The number of halogens is 3. The summed E-state index contributed by atoms with van der Waals surface area (Å²) in [5, 5.41) is 0. The molecule has 13 heavy (non-hydrogen) atoms. The Morgan fingerprint density at radius 2 is 2.08 bits per heavy atom. The second-order valence-corrected chi connectivity index (χ2v) is 2.44. The maximum absolute atomic E-state index is 11.5. The molecule has 0 N–H and O–H groups in total. The largest absolute Gasteiger partial charge is 0.525 e. The van der Waals surface area contributed by atoms with Crippen LogP contribution in [0.1, 0.15) is 12.8 Å². The van der Waals surface area contributed by atoms with E-state index in [0.717, 1.165) is 12.8 Å². The molecule has 0 unspecified atom stereocenters. The molecule has 0 aromatic heterocycles. The molecule has 0 aromatic carbocycles. The highest BCUT2D eigenvalue weighted by molar-refractivity contribution is 5.15. The van der Waals surface area contributed by atoms with Crippen molar-refractivity contribution in [2.75, 3.05) is 6.79 Å². The van der Waals surface area contributed by atoms with E-state index in [4.69, 9.17) is 4.74 Å². The number of hydrogen-bond donors (Lipinski definition) is 0. The summed E-state index contributed by atoms with van der Waals surface area (Å²) in [5.41, 5.74) is 0. The molecule has 74 valence electrons. The van der Waals surface area contributed by atoms with Crippen LogP contribution in [0.2, 0.25) is 0 Å². The fourth-order valence-corrected chi connectivity index (χ4v) is 0.861. The summed E-state index contributed by atoms with van der Waals surface area (Å²) in [6.07, 6.45) is 2.25. The Kier molecular flexibility index (Phi) is 3.36. The van der Waals surface area contributed by atoms with Crippen molar-refractivity contribution in [2.45, 2.75) is 19.2 Å². The van der Waals surface area contributed by atoms with Gasteiger partial charge in [-0.25, -0.2) is 0 Å². The van der Waals surface area contributed by atoms with Gasteiger partial charge in [-0.15, -0.1) is 13.2 Å². The summed E-state index contributed by atoms with van der Waals surface area (Å²) in [7, 11) is 0. The van der Waals surface area contributed by atoms with E-state index in [-0.39, 0.29) is 0 Å². The summed E-state index contributed by atoms with van der Waals surface area (Å²) >= 11 is 0. The lowest BCUT2D eigenvalue weighted by atomic mass is 10.2. The number of alkyl halides is 3. The lowest BCUT2D eigenvalue weighted by molar-refractivity contribution is -0.346. The highest BCUT2D eigenvalue weighted by atomic mass is 19.4. The van der Waals surface area contributed by atoms with E-state index in [1.54, 1.807) is 12.2 Å². The first-order valence-electron chi connectivity index (χ1n) is 3.78. The number of ether oxygens (including phenoxy) is 2. The third-order valence-electron chi connectivity index (χ3n) is 1.41. The minimum absolute atomic E-state index is 0.426. The Morgan fingerprint density at radius 3 is 2.62 bits per heavy atom. The van der Waals surface area contributed by atoms with Crippen LogP contribution >= 0.6 is 0 Å². The van der Waals surface area contributed by atoms with Gasteiger partial charge in [0.2, 0.25) is 0 Å². The van der Waals surface area contributed by atoms with E-state index in [2.05, 4.69) is 4.74 Å². The standard InChI is InChI=1S/C8H9F3O2/c9-8(10,11)13-6-12-7-4-2-1-3-5-7/h2,4-5H,1,3,6H2. The fraction of sp³-hybridized carbons (Fsp3) is 0.500. The molecule has 0 fully saturated rings. The minimum atomic E-state index is -4.63. The van der Waals surface area contributed by atoms with Crippen molar-refractivity contribution in [1.82, 2.24) is 0 Å². The molecule has 0 radical (unpaired) electrons. The summed E-state index contributed by atoms with van der Waals surface area (Å²) < 4.78 is 42.5. The Hall–Kier alpha value is -0.970. The summed E-state index contributed by atoms with van der Waals surface area (Å²) in [6.45, 7) is -0.792. The molecule has 0 aromatic rings. The summed E-state index contributed by atoms with van der Waals surface area (Å²) in [6, 6.07) is 0. The van der Waals surface area contributed by atoms with Gasteiger partial charge in [-0.2, -0.15) is 0 Å². The van der Waals surface area contributed by atoms with Crippen LogP contribution in [-0.2, 0) is 9.47 Å². The van der Waals surface area contributed by atoms with E-state index >= 15 is 0 Å². The Labute approximate surface area is 73.6 Å². The second-order valence-electron chi connectivity index (χ2n) is 2.44. The van der Waals surface area contributed by atoms with Gasteiger partial charge in [0.25, 0.3) is 0 Å². The number of allylic oxidation sites excluding steroid dienone is 3. The third-order valence-corrected chi connectivity index (χ3v) is 1.41. The van der Waals surface area contributed by atoms with Crippen LogP contribution in [0.5, 0.6) is 0 Å². The zero-order valence-electron chi connectivity index (χ0n) is 6.80. The van der Waals surface area contributed by atoms with E-state index in [1.165, 1.54) is 0 Å².